The Labute approximate surface area is 92.1 Å². The molecule has 1 heterocycles. The van der Waals surface area contributed by atoms with Crippen LogP contribution in [0.1, 0.15) is 5.56 Å². The molecule has 4 heteroatoms. The van der Waals surface area contributed by atoms with Crippen LogP contribution in [0.3, 0.4) is 0 Å². The van der Waals surface area contributed by atoms with E-state index >= 15 is 0 Å². The van der Waals surface area contributed by atoms with Crippen molar-refractivity contribution in [1.82, 2.24) is 4.98 Å². The number of pyridine rings is 1. The van der Waals surface area contributed by atoms with Gasteiger partial charge in [-0.3, -0.25) is 0 Å². The van der Waals surface area contributed by atoms with Crippen molar-refractivity contribution in [1.29, 1.82) is 0 Å². The first-order valence-electron chi connectivity index (χ1n) is 4.77. The lowest BCUT2D eigenvalue weighted by atomic mass is 10.2. The van der Waals surface area contributed by atoms with Gasteiger partial charge in [-0.2, -0.15) is 0 Å². The Morgan fingerprint density at radius 1 is 1.12 bits per heavy atom. The average Bonchev–Trinajstić information content (AvgIpc) is 2.33. The zero-order valence-corrected chi connectivity index (χ0v) is 8.43. The van der Waals surface area contributed by atoms with Crippen LogP contribution in [-0.4, -0.2) is 10.1 Å². The number of rotatable bonds is 3. The first kappa shape index (κ1) is 10.6. The van der Waals surface area contributed by atoms with Crippen LogP contribution in [-0.2, 0) is 6.61 Å². The average molecular weight is 219 g/mol. The van der Waals surface area contributed by atoms with Crippen LogP contribution in [0.25, 0.3) is 0 Å². The molecule has 0 atom stereocenters. The van der Waals surface area contributed by atoms with Gasteiger partial charge in [0.15, 0.2) is 0 Å². The molecule has 3 nitrogen and oxygen atoms in total. The summed E-state index contributed by atoms with van der Waals surface area (Å²) in [5, 5.41) is 8.85. The Bertz CT molecular complexity index is 453. The second kappa shape index (κ2) is 4.72. The predicted molar refractivity (Wildman–Crippen MR) is 56.6 cm³/mol. The first-order chi connectivity index (χ1) is 7.78. The molecule has 0 fully saturated rings. The minimum Gasteiger partial charge on any atom is -0.439 e. The van der Waals surface area contributed by atoms with Crippen LogP contribution in [0.15, 0.2) is 42.6 Å². The van der Waals surface area contributed by atoms with Gasteiger partial charge >= 0.3 is 0 Å². The molecule has 82 valence electrons. The van der Waals surface area contributed by atoms with E-state index in [4.69, 9.17) is 9.84 Å². The molecule has 0 aliphatic heterocycles. The molecule has 1 aromatic heterocycles. The SMILES string of the molecule is OCc1ccc(Oc2ccc(F)cn2)cc1. The molecule has 1 aromatic carbocycles. The third kappa shape index (κ3) is 2.55. The van der Waals surface area contributed by atoms with Crippen molar-refractivity contribution in [3.05, 3.63) is 54.0 Å². The highest BCUT2D eigenvalue weighted by molar-refractivity contribution is 5.30. The molecule has 16 heavy (non-hydrogen) atoms. The lowest BCUT2D eigenvalue weighted by Gasteiger charge is -2.04. The second-order valence-corrected chi connectivity index (χ2v) is 3.22. The third-order valence-electron chi connectivity index (χ3n) is 2.03. The Hall–Kier alpha value is -1.94. The maximum atomic E-state index is 12.6. The van der Waals surface area contributed by atoms with E-state index in [9.17, 15) is 4.39 Å². The van der Waals surface area contributed by atoms with Crippen molar-refractivity contribution in [3.8, 4) is 11.6 Å². The van der Waals surface area contributed by atoms with Gasteiger partial charge in [-0.05, 0) is 23.8 Å². The Morgan fingerprint density at radius 3 is 2.44 bits per heavy atom. The summed E-state index contributed by atoms with van der Waals surface area (Å²) in [5.74, 6) is 0.525. The Kier molecular flexibility index (Phi) is 3.12. The smallest absolute Gasteiger partial charge is 0.219 e. The van der Waals surface area contributed by atoms with E-state index in [1.165, 1.54) is 12.1 Å². The van der Waals surface area contributed by atoms with Crippen LogP contribution in [0, 0.1) is 5.82 Å². The maximum Gasteiger partial charge on any atom is 0.219 e. The number of benzene rings is 1. The van der Waals surface area contributed by atoms with Crippen LogP contribution >= 0.6 is 0 Å². The highest BCUT2D eigenvalue weighted by Crippen LogP contribution is 2.19. The normalized spacial score (nSPS) is 10.1. The van der Waals surface area contributed by atoms with Crippen molar-refractivity contribution in [2.75, 3.05) is 0 Å². The van der Waals surface area contributed by atoms with E-state index in [1.807, 2.05) is 0 Å². The van der Waals surface area contributed by atoms with Crippen molar-refractivity contribution < 1.29 is 14.2 Å². The molecule has 1 N–H and O–H groups in total. The van der Waals surface area contributed by atoms with Gasteiger partial charge in [0.25, 0.3) is 0 Å². The van der Waals surface area contributed by atoms with Crippen molar-refractivity contribution in [2.24, 2.45) is 0 Å². The number of ether oxygens (including phenoxy) is 1. The van der Waals surface area contributed by atoms with Gasteiger partial charge in [0, 0.05) is 6.07 Å². The van der Waals surface area contributed by atoms with E-state index < -0.39 is 5.82 Å². The fourth-order valence-corrected chi connectivity index (χ4v) is 1.21. The van der Waals surface area contributed by atoms with Gasteiger partial charge in [0.2, 0.25) is 5.88 Å². The summed E-state index contributed by atoms with van der Waals surface area (Å²) in [6.45, 7) is -0.00488. The number of nitrogens with zero attached hydrogens (tertiary/aromatic N) is 1. The van der Waals surface area contributed by atoms with Gasteiger partial charge in [0.1, 0.15) is 11.6 Å². The van der Waals surface area contributed by atoms with Crippen molar-refractivity contribution >= 4 is 0 Å². The molecule has 0 spiro atoms. The molecule has 0 unspecified atom stereocenters. The van der Waals surface area contributed by atoms with E-state index in [-0.39, 0.29) is 6.61 Å². The Balaban J connectivity index is 2.11. The quantitative estimate of drug-likeness (QED) is 0.862. The lowest BCUT2D eigenvalue weighted by Crippen LogP contribution is -1.89. The summed E-state index contributed by atoms with van der Waals surface area (Å²) in [4.78, 5) is 3.77. The minimum absolute atomic E-state index is 0.00488. The molecule has 0 radical (unpaired) electrons. The molecular weight excluding hydrogens is 209 g/mol. The van der Waals surface area contributed by atoms with E-state index in [1.54, 1.807) is 24.3 Å². The number of aromatic nitrogens is 1. The molecule has 0 saturated heterocycles. The van der Waals surface area contributed by atoms with Crippen LogP contribution in [0.5, 0.6) is 11.6 Å². The van der Waals surface area contributed by atoms with Crippen LogP contribution in [0.4, 0.5) is 4.39 Å². The van der Waals surface area contributed by atoms with Gasteiger partial charge in [-0.15, -0.1) is 0 Å². The van der Waals surface area contributed by atoms with Gasteiger partial charge in [0.05, 0.1) is 12.8 Å². The van der Waals surface area contributed by atoms with Crippen molar-refractivity contribution in [2.45, 2.75) is 6.61 Å². The van der Waals surface area contributed by atoms with Crippen LogP contribution in [0.2, 0.25) is 0 Å². The topological polar surface area (TPSA) is 42.4 Å². The second-order valence-electron chi connectivity index (χ2n) is 3.22. The fraction of sp³-hybridized carbons (Fsp3) is 0.0833. The lowest BCUT2D eigenvalue weighted by molar-refractivity contribution is 0.281. The van der Waals surface area contributed by atoms with Gasteiger partial charge in [-0.25, -0.2) is 9.37 Å². The highest BCUT2D eigenvalue weighted by Gasteiger charge is 1.99. The minimum atomic E-state index is -0.400. The summed E-state index contributed by atoms with van der Waals surface area (Å²) < 4.78 is 18.0. The van der Waals surface area contributed by atoms with Gasteiger partial charge < -0.3 is 9.84 Å². The van der Waals surface area contributed by atoms with E-state index in [0.717, 1.165) is 11.8 Å². The zero-order chi connectivity index (χ0) is 11.4. The molecule has 0 aliphatic rings. The monoisotopic (exact) mass is 219 g/mol. The molecule has 2 rings (SSSR count). The summed E-state index contributed by atoms with van der Waals surface area (Å²) in [5.41, 5.74) is 0.805. The summed E-state index contributed by atoms with van der Waals surface area (Å²) in [6, 6.07) is 9.67. The largest absolute Gasteiger partial charge is 0.439 e. The number of aliphatic hydroxyl groups excluding tert-OH is 1. The molecular formula is C12H10FNO2. The molecule has 0 saturated carbocycles. The summed E-state index contributed by atoms with van der Waals surface area (Å²) in [7, 11) is 0. The molecule has 0 amide bonds. The predicted octanol–water partition coefficient (Wildman–Crippen LogP) is 2.51. The van der Waals surface area contributed by atoms with Crippen molar-refractivity contribution in [3.63, 3.8) is 0 Å². The number of hydrogen-bond donors (Lipinski definition) is 1. The Morgan fingerprint density at radius 2 is 1.88 bits per heavy atom. The van der Waals surface area contributed by atoms with E-state index in [0.29, 0.717) is 11.6 Å². The maximum absolute atomic E-state index is 12.6. The molecule has 0 bridgehead atoms. The molecule has 2 aromatic rings. The number of halogens is 1. The molecule has 0 aliphatic carbocycles. The van der Waals surface area contributed by atoms with Gasteiger partial charge in [-0.1, -0.05) is 12.1 Å². The zero-order valence-electron chi connectivity index (χ0n) is 8.43. The summed E-state index contributed by atoms with van der Waals surface area (Å²) in [6.07, 6.45) is 1.09. The third-order valence-corrected chi connectivity index (χ3v) is 2.03. The number of aliphatic hydroxyl groups is 1. The summed E-state index contributed by atoms with van der Waals surface area (Å²) >= 11 is 0. The highest BCUT2D eigenvalue weighted by atomic mass is 19.1. The fourth-order valence-electron chi connectivity index (χ4n) is 1.21. The number of hydrogen-bond acceptors (Lipinski definition) is 3. The van der Waals surface area contributed by atoms with E-state index in [2.05, 4.69) is 4.98 Å². The first-order valence-corrected chi connectivity index (χ1v) is 4.77. The van der Waals surface area contributed by atoms with Crippen LogP contribution < -0.4 is 4.74 Å². The standard InChI is InChI=1S/C12H10FNO2/c13-10-3-6-12(14-7-10)16-11-4-1-9(8-15)2-5-11/h1-7,15H,8H2.